The molecule has 0 atom stereocenters. The van der Waals surface area contributed by atoms with E-state index in [1.54, 1.807) is 6.08 Å². The average molecular weight is 256 g/mol. The van der Waals surface area contributed by atoms with Gasteiger partial charge in [-0.2, -0.15) is 0 Å². The van der Waals surface area contributed by atoms with E-state index in [0.29, 0.717) is 0 Å². The molecule has 1 rings (SSSR count). The molecule has 0 aromatic heterocycles. The van der Waals surface area contributed by atoms with E-state index in [-0.39, 0.29) is 0 Å². The zero-order valence-electron chi connectivity index (χ0n) is 12.3. The van der Waals surface area contributed by atoms with Crippen molar-refractivity contribution in [2.75, 3.05) is 0 Å². The van der Waals surface area contributed by atoms with Crippen LogP contribution in [0, 0.1) is 0 Å². The zero-order valence-corrected chi connectivity index (χ0v) is 12.3. The second-order valence-corrected chi connectivity index (χ2v) is 5.16. The van der Waals surface area contributed by atoms with Gasteiger partial charge in [-0.3, -0.25) is 4.79 Å². The Kier molecular flexibility index (Phi) is 6.88. The van der Waals surface area contributed by atoms with Gasteiger partial charge in [0.05, 0.1) is 0 Å². The van der Waals surface area contributed by atoms with E-state index in [1.807, 2.05) is 19.1 Å². The van der Waals surface area contributed by atoms with Gasteiger partial charge in [-0.05, 0) is 63.7 Å². The topological polar surface area (TPSA) is 17.1 Å². The normalized spacial score (nSPS) is 18.7. The molecule has 0 saturated carbocycles. The van der Waals surface area contributed by atoms with E-state index < -0.39 is 0 Å². The molecule has 0 N–H and O–H groups in total. The predicted molar refractivity (Wildman–Crippen MR) is 83.0 cm³/mol. The third-order valence-corrected chi connectivity index (χ3v) is 3.39. The summed E-state index contributed by atoms with van der Waals surface area (Å²) in [5, 5.41) is 0. The second kappa shape index (κ2) is 8.47. The summed E-state index contributed by atoms with van der Waals surface area (Å²) in [7, 11) is 0. The first-order valence-electron chi connectivity index (χ1n) is 6.97. The van der Waals surface area contributed by atoms with Crippen molar-refractivity contribution in [3.8, 4) is 0 Å². The highest BCUT2D eigenvalue weighted by Gasteiger charge is 2.05. The van der Waals surface area contributed by atoms with Crippen molar-refractivity contribution in [1.29, 1.82) is 0 Å². The van der Waals surface area contributed by atoms with E-state index in [0.717, 1.165) is 11.9 Å². The largest absolute Gasteiger partial charge is 0.299 e. The van der Waals surface area contributed by atoms with Crippen LogP contribution in [-0.4, -0.2) is 6.29 Å². The lowest BCUT2D eigenvalue weighted by atomic mass is 9.92. The molecular formula is C18H24O. The number of hydrogen-bond acceptors (Lipinski definition) is 1. The highest BCUT2D eigenvalue weighted by Crippen LogP contribution is 2.25. The highest BCUT2D eigenvalue weighted by atomic mass is 16.1. The lowest BCUT2D eigenvalue weighted by molar-refractivity contribution is -0.104. The molecule has 0 aliphatic heterocycles. The van der Waals surface area contributed by atoms with Gasteiger partial charge in [0.25, 0.3) is 0 Å². The van der Waals surface area contributed by atoms with Gasteiger partial charge in [-0.1, -0.05) is 41.5 Å². The number of hydrogen-bond donors (Lipinski definition) is 0. The summed E-state index contributed by atoms with van der Waals surface area (Å²) in [4.78, 5) is 10.3. The first-order chi connectivity index (χ1) is 9.13. The van der Waals surface area contributed by atoms with Crippen LogP contribution in [0.3, 0.4) is 0 Å². The van der Waals surface area contributed by atoms with Crippen LogP contribution < -0.4 is 0 Å². The van der Waals surface area contributed by atoms with Crippen molar-refractivity contribution in [3.63, 3.8) is 0 Å². The average Bonchev–Trinajstić information content (AvgIpc) is 2.38. The predicted octanol–water partition coefficient (Wildman–Crippen LogP) is 5.08. The van der Waals surface area contributed by atoms with Crippen LogP contribution in [-0.2, 0) is 4.79 Å². The molecule has 0 fully saturated rings. The molecule has 19 heavy (non-hydrogen) atoms. The molecule has 0 bridgehead atoms. The molecule has 0 radical (unpaired) electrons. The van der Waals surface area contributed by atoms with Crippen LogP contribution in [0.15, 0.2) is 58.7 Å². The minimum atomic E-state index is 0.814. The number of carbonyl (C=O) groups is 1. The molecule has 0 heterocycles. The third kappa shape index (κ3) is 6.19. The Morgan fingerprint density at radius 1 is 1.00 bits per heavy atom. The standard InChI is InChI=1S/C18H24O/c1-15(7-6-8-16(2)13-14-19)11-12-18-10-5-4-9-17(18)3/h6-8,11-14H,4-5,9-10H2,1-3H3. The molecular weight excluding hydrogens is 232 g/mol. The van der Waals surface area contributed by atoms with E-state index in [4.69, 9.17) is 0 Å². The lowest BCUT2D eigenvalue weighted by Crippen LogP contribution is -1.94. The summed E-state index contributed by atoms with van der Waals surface area (Å²) in [6.45, 7) is 6.25. The molecule has 0 amide bonds. The minimum absolute atomic E-state index is 0.814. The maximum atomic E-state index is 10.3. The van der Waals surface area contributed by atoms with Gasteiger partial charge in [0.1, 0.15) is 6.29 Å². The molecule has 0 aromatic rings. The third-order valence-electron chi connectivity index (χ3n) is 3.39. The summed E-state index contributed by atoms with van der Waals surface area (Å²) in [5.74, 6) is 0. The van der Waals surface area contributed by atoms with Crippen LogP contribution in [0.4, 0.5) is 0 Å². The molecule has 1 nitrogen and oxygen atoms in total. The van der Waals surface area contributed by atoms with Crippen LogP contribution in [0.5, 0.6) is 0 Å². The fraction of sp³-hybridized carbons (Fsp3) is 0.389. The molecule has 0 saturated heterocycles. The Bertz CT molecular complexity index is 456. The fourth-order valence-corrected chi connectivity index (χ4v) is 2.11. The Morgan fingerprint density at radius 3 is 2.37 bits per heavy atom. The molecule has 0 spiro atoms. The van der Waals surface area contributed by atoms with Crippen LogP contribution in [0.2, 0.25) is 0 Å². The van der Waals surface area contributed by atoms with Crippen molar-refractivity contribution in [3.05, 3.63) is 58.7 Å². The second-order valence-electron chi connectivity index (χ2n) is 5.16. The maximum absolute atomic E-state index is 10.3. The highest BCUT2D eigenvalue weighted by molar-refractivity contribution is 5.66. The van der Waals surface area contributed by atoms with Crippen LogP contribution >= 0.6 is 0 Å². The Hall–Kier alpha value is -1.63. The van der Waals surface area contributed by atoms with Crippen molar-refractivity contribution < 1.29 is 4.79 Å². The summed E-state index contributed by atoms with van der Waals surface area (Å²) < 4.78 is 0. The summed E-state index contributed by atoms with van der Waals surface area (Å²) >= 11 is 0. The Morgan fingerprint density at radius 2 is 1.68 bits per heavy atom. The molecule has 102 valence electrons. The SMILES string of the molecule is CC(C=CC=C(C)C=CC1=C(C)CCCC1)=CC=O. The number of allylic oxidation sites excluding steroid dienone is 10. The summed E-state index contributed by atoms with van der Waals surface area (Å²) in [6, 6.07) is 0. The van der Waals surface area contributed by atoms with E-state index in [2.05, 4.69) is 32.1 Å². The fourth-order valence-electron chi connectivity index (χ4n) is 2.11. The quantitative estimate of drug-likeness (QED) is 0.381. The molecule has 1 heteroatoms. The van der Waals surface area contributed by atoms with Gasteiger partial charge in [0.15, 0.2) is 0 Å². The van der Waals surface area contributed by atoms with Gasteiger partial charge in [0.2, 0.25) is 0 Å². The molecule has 1 aliphatic carbocycles. The van der Waals surface area contributed by atoms with Gasteiger partial charge < -0.3 is 0 Å². The van der Waals surface area contributed by atoms with Crippen molar-refractivity contribution >= 4 is 6.29 Å². The lowest BCUT2D eigenvalue weighted by Gasteiger charge is -2.14. The van der Waals surface area contributed by atoms with E-state index >= 15 is 0 Å². The number of aldehydes is 1. The van der Waals surface area contributed by atoms with Crippen LogP contribution in [0.1, 0.15) is 46.5 Å². The Labute approximate surface area is 117 Å². The van der Waals surface area contributed by atoms with E-state index in [1.165, 1.54) is 42.4 Å². The summed E-state index contributed by atoms with van der Waals surface area (Å²) in [5.41, 5.74) is 5.23. The monoisotopic (exact) mass is 256 g/mol. The molecule has 1 aliphatic rings. The molecule has 0 aromatic carbocycles. The van der Waals surface area contributed by atoms with Crippen molar-refractivity contribution in [2.45, 2.75) is 46.5 Å². The smallest absolute Gasteiger partial charge is 0.143 e. The van der Waals surface area contributed by atoms with Gasteiger partial charge in [0, 0.05) is 0 Å². The van der Waals surface area contributed by atoms with E-state index in [9.17, 15) is 4.79 Å². The number of carbonyl (C=O) groups excluding carboxylic acids is 1. The van der Waals surface area contributed by atoms with Gasteiger partial charge in [-0.25, -0.2) is 0 Å². The van der Waals surface area contributed by atoms with Crippen molar-refractivity contribution in [2.24, 2.45) is 0 Å². The Balaban J connectivity index is 2.61. The first kappa shape index (κ1) is 15.4. The maximum Gasteiger partial charge on any atom is 0.143 e. The van der Waals surface area contributed by atoms with Gasteiger partial charge in [-0.15, -0.1) is 0 Å². The van der Waals surface area contributed by atoms with Crippen LogP contribution in [0.25, 0.3) is 0 Å². The zero-order chi connectivity index (χ0) is 14.1. The van der Waals surface area contributed by atoms with Crippen molar-refractivity contribution in [1.82, 2.24) is 0 Å². The van der Waals surface area contributed by atoms with Gasteiger partial charge >= 0.3 is 0 Å². The first-order valence-corrected chi connectivity index (χ1v) is 6.97. The minimum Gasteiger partial charge on any atom is -0.299 e. The molecule has 0 unspecified atom stereocenters. The number of rotatable bonds is 5. The summed E-state index contributed by atoms with van der Waals surface area (Å²) in [6.07, 6.45) is 17.9.